The molecule has 0 atom stereocenters. The van der Waals surface area contributed by atoms with E-state index in [9.17, 15) is 4.79 Å². The molecule has 1 heterocycles. The van der Waals surface area contributed by atoms with Gasteiger partial charge in [0.05, 0.1) is 6.61 Å². The number of carbonyl (C=O) groups excluding carboxylic acids is 1. The number of cyclic esters (lactones) is 1. The normalized spacial score (nSPS) is 19.4. The Morgan fingerprint density at radius 2 is 2.00 bits per heavy atom. The smallest absolute Gasteiger partial charge is 0.334 e. The lowest BCUT2D eigenvalue weighted by Crippen LogP contribution is -1.97. The summed E-state index contributed by atoms with van der Waals surface area (Å²) in [5.41, 5.74) is 2.95. The Kier molecular flexibility index (Phi) is 2.35. The highest BCUT2D eigenvalue weighted by atomic mass is 16.5. The van der Waals surface area contributed by atoms with Crippen LogP contribution >= 0.6 is 0 Å². The lowest BCUT2D eigenvalue weighted by Gasteiger charge is -2.02. The predicted octanol–water partition coefficient (Wildman–Crippen LogP) is 2.41. The van der Waals surface area contributed by atoms with E-state index in [4.69, 9.17) is 4.74 Å². The predicted molar refractivity (Wildman–Crippen MR) is 54.6 cm³/mol. The fraction of sp³-hybridized carbons (Fsp3) is 0.250. The first-order chi connectivity index (χ1) is 6.79. The van der Waals surface area contributed by atoms with Crippen molar-refractivity contribution in [1.82, 2.24) is 0 Å². The summed E-state index contributed by atoms with van der Waals surface area (Å²) in [5.74, 6) is -0.161. The molecule has 0 bridgehead atoms. The van der Waals surface area contributed by atoms with Crippen molar-refractivity contribution in [3.8, 4) is 0 Å². The van der Waals surface area contributed by atoms with Gasteiger partial charge in [-0.3, -0.25) is 0 Å². The van der Waals surface area contributed by atoms with E-state index in [0.717, 1.165) is 23.1 Å². The van der Waals surface area contributed by atoms with Crippen molar-refractivity contribution in [2.24, 2.45) is 0 Å². The number of rotatable bonds is 1. The zero-order chi connectivity index (χ0) is 9.97. The van der Waals surface area contributed by atoms with Crippen LogP contribution in [-0.4, -0.2) is 12.6 Å². The van der Waals surface area contributed by atoms with Crippen LogP contribution in [0.5, 0.6) is 0 Å². The number of ether oxygens (including phenoxy) is 1. The van der Waals surface area contributed by atoms with Crippen LogP contribution in [0.3, 0.4) is 0 Å². The third-order valence-corrected chi connectivity index (χ3v) is 2.49. The monoisotopic (exact) mass is 188 g/mol. The first kappa shape index (κ1) is 9.00. The minimum Gasteiger partial charge on any atom is -0.462 e. The quantitative estimate of drug-likeness (QED) is 0.499. The third-order valence-electron chi connectivity index (χ3n) is 2.49. The summed E-state index contributed by atoms with van der Waals surface area (Å²) in [6.45, 7) is 2.50. The maximum absolute atomic E-state index is 11.3. The molecule has 72 valence electrons. The summed E-state index contributed by atoms with van der Waals surface area (Å²) in [6.07, 6.45) is 0.736. The molecular weight excluding hydrogens is 176 g/mol. The van der Waals surface area contributed by atoms with Crippen LogP contribution in [0.25, 0.3) is 5.57 Å². The summed E-state index contributed by atoms with van der Waals surface area (Å²) in [5, 5.41) is 0. The van der Waals surface area contributed by atoms with Crippen molar-refractivity contribution in [2.45, 2.75) is 13.3 Å². The molecular formula is C12H12O2. The Labute approximate surface area is 83.2 Å². The van der Waals surface area contributed by atoms with Gasteiger partial charge >= 0.3 is 5.97 Å². The van der Waals surface area contributed by atoms with Gasteiger partial charge in [0.2, 0.25) is 0 Å². The summed E-state index contributed by atoms with van der Waals surface area (Å²) in [4.78, 5) is 11.3. The zero-order valence-corrected chi connectivity index (χ0v) is 8.12. The van der Waals surface area contributed by atoms with Crippen molar-refractivity contribution >= 4 is 11.5 Å². The van der Waals surface area contributed by atoms with Crippen molar-refractivity contribution in [2.75, 3.05) is 6.61 Å². The second-order valence-corrected chi connectivity index (χ2v) is 3.36. The second kappa shape index (κ2) is 3.66. The molecule has 0 radical (unpaired) electrons. The van der Waals surface area contributed by atoms with Crippen LogP contribution in [0.1, 0.15) is 18.9 Å². The summed E-state index contributed by atoms with van der Waals surface area (Å²) >= 11 is 0. The molecule has 0 unspecified atom stereocenters. The lowest BCUT2D eigenvalue weighted by molar-refractivity contribution is -0.135. The van der Waals surface area contributed by atoms with E-state index in [1.54, 1.807) is 0 Å². The Morgan fingerprint density at radius 1 is 1.29 bits per heavy atom. The first-order valence-electron chi connectivity index (χ1n) is 4.71. The lowest BCUT2D eigenvalue weighted by atomic mass is 10.0. The first-order valence-corrected chi connectivity index (χ1v) is 4.71. The molecule has 14 heavy (non-hydrogen) atoms. The van der Waals surface area contributed by atoms with E-state index in [0.29, 0.717) is 6.61 Å². The highest BCUT2D eigenvalue weighted by Gasteiger charge is 2.21. The molecule has 1 aliphatic heterocycles. The standard InChI is InChI=1S/C12H12O2/c1-9(10-5-3-2-4-6-10)11-7-8-14-12(11)13/h2-6H,7-8H2,1H3/b11-9-. The summed E-state index contributed by atoms with van der Waals surface area (Å²) in [7, 11) is 0. The minimum atomic E-state index is -0.161. The van der Waals surface area contributed by atoms with Crippen LogP contribution in [0.15, 0.2) is 35.9 Å². The Bertz CT molecular complexity index is 377. The SMILES string of the molecule is C/C(=C1\CCOC1=O)c1ccccc1. The zero-order valence-electron chi connectivity index (χ0n) is 8.12. The second-order valence-electron chi connectivity index (χ2n) is 3.36. The van der Waals surface area contributed by atoms with Gasteiger partial charge in [0, 0.05) is 12.0 Å². The van der Waals surface area contributed by atoms with Crippen LogP contribution in [-0.2, 0) is 9.53 Å². The molecule has 0 saturated carbocycles. The third kappa shape index (κ3) is 1.55. The van der Waals surface area contributed by atoms with Gasteiger partial charge in [0.15, 0.2) is 0 Å². The van der Waals surface area contributed by atoms with Gasteiger partial charge in [0.1, 0.15) is 0 Å². The molecule has 0 aromatic heterocycles. The van der Waals surface area contributed by atoms with Crippen LogP contribution in [0, 0.1) is 0 Å². The van der Waals surface area contributed by atoms with Gasteiger partial charge < -0.3 is 4.74 Å². The molecule has 0 N–H and O–H groups in total. The van der Waals surface area contributed by atoms with E-state index in [1.807, 2.05) is 37.3 Å². The largest absolute Gasteiger partial charge is 0.462 e. The molecule has 0 spiro atoms. The molecule has 1 aliphatic rings. The number of hydrogen-bond donors (Lipinski definition) is 0. The molecule has 2 nitrogen and oxygen atoms in total. The number of benzene rings is 1. The summed E-state index contributed by atoms with van der Waals surface area (Å²) < 4.78 is 4.91. The highest BCUT2D eigenvalue weighted by Crippen LogP contribution is 2.24. The van der Waals surface area contributed by atoms with E-state index < -0.39 is 0 Å². The van der Waals surface area contributed by atoms with E-state index in [-0.39, 0.29) is 5.97 Å². The molecule has 1 saturated heterocycles. The molecule has 0 aliphatic carbocycles. The van der Waals surface area contributed by atoms with E-state index >= 15 is 0 Å². The van der Waals surface area contributed by atoms with E-state index in [1.165, 1.54) is 0 Å². The van der Waals surface area contributed by atoms with Gasteiger partial charge in [-0.15, -0.1) is 0 Å². The number of esters is 1. The molecule has 0 amide bonds. The molecule has 1 fully saturated rings. The van der Waals surface area contributed by atoms with Crippen LogP contribution in [0.2, 0.25) is 0 Å². The van der Waals surface area contributed by atoms with Crippen molar-refractivity contribution in [3.05, 3.63) is 41.5 Å². The highest BCUT2D eigenvalue weighted by molar-refractivity contribution is 5.98. The molecule has 1 aromatic rings. The van der Waals surface area contributed by atoms with Gasteiger partial charge in [0.25, 0.3) is 0 Å². The van der Waals surface area contributed by atoms with Gasteiger partial charge in [-0.25, -0.2) is 4.79 Å². The molecule has 1 aromatic carbocycles. The fourth-order valence-electron chi connectivity index (χ4n) is 1.64. The summed E-state index contributed by atoms with van der Waals surface area (Å²) in [6, 6.07) is 9.93. The minimum absolute atomic E-state index is 0.161. The maximum Gasteiger partial charge on any atom is 0.334 e. The topological polar surface area (TPSA) is 26.3 Å². The Balaban J connectivity index is 2.40. The fourth-order valence-corrected chi connectivity index (χ4v) is 1.64. The number of allylic oxidation sites excluding steroid dienone is 1. The molecule has 2 rings (SSSR count). The Hall–Kier alpha value is -1.57. The molecule has 2 heteroatoms. The van der Waals surface area contributed by atoms with Crippen molar-refractivity contribution in [3.63, 3.8) is 0 Å². The van der Waals surface area contributed by atoms with Gasteiger partial charge in [-0.05, 0) is 18.1 Å². The average molecular weight is 188 g/mol. The number of hydrogen-bond acceptors (Lipinski definition) is 2. The van der Waals surface area contributed by atoms with Crippen molar-refractivity contribution in [1.29, 1.82) is 0 Å². The van der Waals surface area contributed by atoms with Gasteiger partial charge in [-0.1, -0.05) is 30.3 Å². The average Bonchev–Trinajstić information content (AvgIpc) is 2.65. The van der Waals surface area contributed by atoms with Crippen molar-refractivity contribution < 1.29 is 9.53 Å². The van der Waals surface area contributed by atoms with Gasteiger partial charge in [-0.2, -0.15) is 0 Å². The van der Waals surface area contributed by atoms with Crippen LogP contribution in [0.4, 0.5) is 0 Å². The van der Waals surface area contributed by atoms with E-state index in [2.05, 4.69) is 0 Å². The maximum atomic E-state index is 11.3. The number of carbonyl (C=O) groups is 1. The van der Waals surface area contributed by atoms with Crippen LogP contribution < -0.4 is 0 Å². The Morgan fingerprint density at radius 3 is 2.57 bits per heavy atom.